The van der Waals surface area contributed by atoms with Crippen molar-refractivity contribution >= 4 is 16.9 Å². The molecule has 5 heteroatoms. The van der Waals surface area contributed by atoms with Gasteiger partial charge in [0.1, 0.15) is 11.6 Å². The normalized spacial score (nSPS) is 11.0. The van der Waals surface area contributed by atoms with Crippen LogP contribution in [0.4, 0.5) is 5.82 Å². The van der Waals surface area contributed by atoms with E-state index in [-0.39, 0.29) is 0 Å². The van der Waals surface area contributed by atoms with E-state index in [9.17, 15) is 0 Å². The monoisotopic (exact) mass is 253 g/mol. The number of nitrogen functional groups attached to an aromatic ring is 1. The van der Waals surface area contributed by atoms with Crippen LogP contribution in [0.25, 0.3) is 11.0 Å². The molecule has 0 fully saturated rings. The van der Waals surface area contributed by atoms with E-state index in [1.165, 1.54) is 0 Å². The Kier molecular flexibility index (Phi) is 2.87. The molecule has 0 saturated carbocycles. The molecule has 0 radical (unpaired) electrons. The number of nitrogens with two attached hydrogens (primary N) is 1. The van der Waals surface area contributed by atoms with E-state index in [0.717, 1.165) is 29.1 Å². The molecule has 19 heavy (non-hydrogen) atoms. The lowest BCUT2D eigenvalue weighted by molar-refractivity contribution is 0.709. The number of aromatic nitrogens is 4. The maximum absolute atomic E-state index is 5.98. The molecule has 3 rings (SSSR count). The van der Waals surface area contributed by atoms with Crippen molar-refractivity contribution in [2.24, 2.45) is 0 Å². The Bertz CT molecular complexity index is 717. The second-order valence-electron chi connectivity index (χ2n) is 4.35. The van der Waals surface area contributed by atoms with E-state index >= 15 is 0 Å². The second-order valence-corrected chi connectivity index (χ2v) is 4.35. The number of imidazole rings is 1. The van der Waals surface area contributed by atoms with Crippen LogP contribution in [0, 0.1) is 0 Å². The van der Waals surface area contributed by atoms with Crippen molar-refractivity contribution < 1.29 is 0 Å². The molecule has 96 valence electrons. The molecule has 0 unspecified atom stereocenters. The number of hydrogen-bond donors (Lipinski definition) is 1. The minimum Gasteiger partial charge on any atom is -0.382 e. The van der Waals surface area contributed by atoms with Gasteiger partial charge in [-0.2, -0.15) is 0 Å². The number of aryl methyl sites for hydroxylation is 1. The number of anilines is 1. The molecule has 0 aliphatic heterocycles. The van der Waals surface area contributed by atoms with Crippen molar-refractivity contribution in [3.05, 3.63) is 48.2 Å². The van der Waals surface area contributed by atoms with Crippen molar-refractivity contribution in [3.63, 3.8) is 0 Å². The Hall–Kier alpha value is -2.43. The number of fused-ring (bicyclic) bond motifs is 1. The van der Waals surface area contributed by atoms with E-state index in [1.54, 1.807) is 6.20 Å². The van der Waals surface area contributed by atoms with Crippen LogP contribution in [0.15, 0.2) is 36.7 Å². The van der Waals surface area contributed by atoms with Crippen LogP contribution < -0.4 is 5.73 Å². The van der Waals surface area contributed by atoms with E-state index < -0.39 is 0 Å². The van der Waals surface area contributed by atoms with Gasteiger partial charge in [-0.15, -0.1) is 0 Å². The van der Waals surface area contributed by atoms with Crippen molar-refractivity contribution in [2.45, 2.75) is 19.9 Å². The van der Waals surface area contributed by atoms with Gasteiger partial charge in [0.15, 0.2) is 0 Å². The number of nitrogens with zero attached hydrogens (tertiary/aromatic N) is 4. The fraction of sp³-hybridized carbons (Fsp3) is 0.214. The maximum atomic E-state index is 5.98. The van der Waals surface area contributed by atoms with Crippen molar-refractivity contribution in [2.75, 3.05) is 5.73 Å². The zero-order chi connectivity index (χ0) is 13.2. The maximum Gasteiger partial charge on any atom is 0.146 e. The fourth-order valence-electron chi connectivity index (χ4n) is 2.13. The van der Waals surface area contributed by atoms with E-state index in [0.29, 0.717) is 12.2 Å². The SMILES string of the molecule is CCn1ccnc1Cc1nc2ccccc2nc1N. The first kappa shape index (κ1) is 11.6. The molecule has 0 saturated heterocycles. The van der Waals surface area contributed by atoms with E-state index in [2.05, 4.69) is 26.4 Å². The molecular weight excluding hydrogens is 238 g/mol. The summed E-state index contributed by atoms with van der Waals surface area (Å²) in [6.07, 6.45) is 4.36. The molecule has 3 aromatic rings. The number of para-hydroxylation sites is 2. The molecule has 0 aliphatic carbocycles. The van der Waals surface area contributed by atoms with Crippen molar-refractivity contribution in [1.82, 2.24) is 19.5 Å². The van der Waals surface area contributed by atoms with Crippen LogP contribution in [-0.4, -0.2) is 19.5 Å². The number of hydrogen-bond acceptors (Lipinski definition) is 4. The number of rotatable bonds is 3. The Balaban J connectivity index is 2.03. The first-order valence-electron chi connectivity index (χ1n) is 6.29. The summed E-state index contributed by atoms with van der Waals surface area (Å²) in [7, 11) is 0. The van der Waals surface area contributed by atoms with Gasteiger partial charge in [-0.1, -0.05) is 12.1 Å². The summed E-state index contributed by atoms with van der Waals surface area (Å²) in [5, 5.41) is 0. The van der Waals surface area contributed by atoms with Crippen LogP contribution in [0.5, 0.6) is 0 Å². The van der Waals surface area contributed by atoms with Gasteiger partial charge in [-0.25, -0.2) is 15.0 Å². The smallest absolute Gasteiger partial charge is 0.146 e. The third-order valence-electron chi connectivity index (χ3n) is 3.14. The summed E-state index contributed by atoms with van der Waals surface area (Å²) in [6, 6.07) is 7.73. The van der Waals surface area contributed by atoms with Gasteiger partial charge in [-0.05, 0) is 19.1 Å². The third kappa shape index (κ3) is 2.14. The van der Waals surface area contributed by atoms with Gasteiger partial charge >= 0.3 is 0 Å². The lowest BCUT2D eigenvalue weighted by Gasteiger charge is -2.07. The van der Waals surface area contributed by atoms with Gasteiger partial charge in [0.2, 0.25) is 0 Å². The standard InChI is InChI=1S/C14H15N5/c1-2-19-8-7-16-13(19)9-12-14(15)18-11-6-4-3-5-10(11)17-12/h3-8H,2,9H2,1H3,(H2,15,18). The first-order chi connectivity index (χ1) is 9.28. The van der Waals surface area contributed by atoms with Crippen LogP contribution in [0.2, 0.25) is 0 Å². The molecule has 0 spiro atoms. The second kappa shape index (κ2) is 4.68. The summed E-state index contributed by atoms with van der Waals surface area (Å²) >= 11 is 0. The summed E-state index contributed by atoms with van der Waals surface area (Å²) in [4.78, 5) is 13.3. The van der Waals surface area contributed by atoms with Gasteiger partial charge in [0.05, 0.1) is 23.1 Å². The van der Waals surface area contributed by atoms with Crippen LogP contribution in [-0.2, 0) is 13.0 Å². The Morgan fingerprint density at radius 3 is 2.63 bits per heavy atom. The van der Waals surface area contributed by atoms with Gasteiger partial charge in [-0.3, -0.25) is 0 Å². The molecule has 0 amide bonds. The average Bonchev–Trinajstić information content (AvgIpc) is 2.87. The molecule has 1 aromatic carbocycles. The highest BCUT2D eigenvalue weighted by molar-refractivity contribution is 5.75. The fourth-order valence-corrected chi connectivity index (χ4v) is 2.13. The Morgan fingerprint density at radius 1 is 1.16 bits per heavy atom. The highest BCUT2D eigenvalue weighted by Crippen LogP contribution is 2.16. The molecule has 0 bridgehead atoms. The Morgan fingerprint density at radius 2 is 1.89 bits per heavy atom. The minimum atomic E-state index is 0.476. The summed E-state index contributed by atoms with van der Waals surface area (Å²) in [6.45, 7) is 2.97. The molecule has 2 aromatic heterocycles. The first-order valence-corrected chi connectivity index (χ1v) is 6.29. The van der Waals surface area contributed by atoms with Crippen LogP contribution in [0.1, 0.15) is 18.4 Å². The molecular formula is C14H15N5. The third-order valence-corrected chi connectivity index (χ3v) is 3.14. The highest BCUT2D eigenvalue weighted by Gasteiger charge is 2.09. The molecule has 2 N–H and O–H groups in total. The zero-order valence-corrected chi connectivity index (χ0v) is 10.7. The predicted octanol–water partition coefficient (Wildman–Crippen LogP) is 2.02. The summed E-state index contributed by atoms with van der Waals surface area (Å²) < 4.78 is 2.08. The lowest BCUT2D eigenvalue weighted by Crippen LogP contribution is -2.07. The predicted molar refractivity (Wildman–Crippen MR) is 74.7 cm³/mol. The quantitative estimate of drug-likeness (QED) is 0.775. The van der Waals surface area contributed by atoms with Gasteiger partial charge in [0, 0.05) is 18.9 Å². The van der Waals surface area contributed by atoms with Gasteiger partial charge in [0.25, 0.3) is 0 Å². The van der Waals surface area contributed by atoms with Crippen LogP contribution in [0.3, 0.4) is 0 Å². The van der Waals surface area contributed by atoms with E-state index in [1.807, 2.05) is 30.5 Å². The topological polar surface area (TPSA) is 69.6 Å². The lowest BCUT2D eigenvalue weighted by atomic mass is 10.2. The minimum absolute atomic E-state index is 0.476. The summed E-state index contributed by atoms with van der Waals surface area (Å²) in [5.41, 5.74) is 8.45. The largest absolute Gasteiger partial charge is 0.382 e. The van der Waals surface area contributed by atoms with E-state index in [4.69, 9.17) is 5.73 Å². The highest BCUT2D eigenvalue weighted by atomic mass is 15.1. The molecule has 0 aliphatic rings. The zero-order valence-electron chi connectivity index (χ0n) is 10.7. The molecule has 0 atom stereocenters. The summed E-state index contributed by atoms with van der Waals surface area (Å²) in [5.74, 6) is 1.43. The van der Waals surface area contributed by atoms with Crippen molar-refractivity contribution in [1.29, 1.82) is 0 Å². The average molecular weight is 253 g/mol. The van der Waals surface area contributed by atoms with Crippen molar-refractivity contribution in [3.8, 4) is 0 Å². The van der Waals surface area contributed by atoms with Crippen LogP contribution >= 0.6 is 0 Å². The molecule has 2 heterocycles. The Labute approximate surface area is 111 Å². The number of benzene rings is 1. The van der Waals surface area contributed by atoms with Gasteiger partial charge < -0.3 is 10.3 Å². The molecule has 5 nitrogen and oxygen atoms in total.